The van der Waals surface area contributed by atoms with Crippen molar-refractivity contribution >= 4 is 50.7 Å². The topological polar surface area (TPSA) is 86.8 Å². The Labute approximate surface area is 273 Å². The number of aryl methyl sites for hydroxylation is 1. The molecular formula is C34H34Cl2FN3O4S. The third-order valence-electron chi connectivity index (χ3n) is 7.07. The van der Waals surface area contributed by atoms with Gasteiger partial charge in [-0.2, -0.15) is 0 Å². The normalized spacial score (nSPS) is 12.1. The van der Waals surface area contributed by atoms with Crippen LogP contribution >= 0.6 is 23.2 Å². The van der Waals surface area contributed by atoms with E-state index >= 15 is 4.39 Å². The fraction of sp³-hybridized carbons (Fsp3) is 0.235. The van der Waals surface area contributed by atoms with Crippen molar-refractivity contribution in [2.75, 3.05) is 10.8 Å². The highest BCUT2D eigenvalue weighted by Crippen LogP contribution is 2.28. The van der Waals surface area contributed by atoms with Gasteiger partial charge in [0.05, 0.1) is 10.6 Å². The number of carbonyl (C=O) groups is 2. The molecule has 0 saturated heterocycles. The van der Waals surface area contributed by atoms with Gasteiger partial charge in [0.15, 0.2) is 0 Å². The highest BCUT2D eigenvalue weighted by atomic mass is 35.5. The molecule has 0 spiro atoms. The van der Waals surface area contributed by atoms with E-state index in [1.54, 1.807) is 38.1 Å². The predicted molar refractivity (Wildman–Crippen MR) is 176 cm³/mol. The van der Waals surface area contributed by atoms with Crippen LogP contribution in [0.15, 0.2) is 102 Å². The van der Waals surface area contributed by atoms with Gasteiger partial charge in [0.1, 0.15) is 18.4 Å². The molecule has 1 atom stereocenters. The summed E-state index contributed by atoms with van der Waals surface area (Å²) in [5, 5.41) is 3.53. The second kappa shape index (κ2) is 14.9. The molecule has 45 heavy (non-hydrogen) atoms. The van der Waals surface area contributed by atoms with Crippen LogP contribution in [0.2, 0.25) is 10.0 Å². The van der Waals surface area contributed by atoms with Crippen LogP contribution in [0, 0.1) is 12.7 Å². The van der Waals surface area contributed by atoms with E-state index in [0.29, 0.717) is 10.6 Å². The molecule has 4 aromatic rings. The molecule has 7 nitrogen and oxygen atoms in total. The molecule has 0 saturated carbocycles. The minimum absolute atomic E-state index is 0.116. The Morgan fingerprint density at radius 1 is 0.889 bits per heavy atom. The monoisotopic (exact) mass is 669 g/mol. The Kier molecular flexibility index (Phi) is 11.3. The lowest BCUT2D eigenvalue weighted by molar-refractivity contribution is -0.140. The molecule has 4 rings (SSSR count). The van der Waals surface area contributed by atoms with Crippen LogP contribution in [0.1, 0.15) is 30.5 Å². The zero-order valence-corrected chi connectivity index (χ0v) is 27.4. The summed E-state index contributed by atoms with van der Waals surface area (Å²) in [7, 11) is -4.43. The van der Waals surface area contributed by atoms with E-state index in [4.69, 9.17) is 23.2 Å². The largest absolute Gasteiger partial charge is 0.352 e. The first-order chi connectivity index (χ1) is 21.4. The van der Waals surface area contributed by atoms with E-state index in [1.807, 2.05) is 37.3 Å². The molecule has 4 aromatic carbocycles. The lowest BCUT2D eigenvalue weighted by Gasteiger charge is -2.34. The SMILES string of the molecule is Cc1ccc(S(=O)(=O)N(CC(=O)N(Cc2ccc(Cl)cc2Cl)C(Cc2ccccc2)C(=O)NC(C)C)c2ccccc2F)cc1. The summed E-state index contributed by atoms with van der Waals surface area (Å²) >= 11 is 12.6. The fourth-order valence-electron chi connectivity index (χ4n) is 4.77. The molecule has 236 valence electrons. The van der Waals surface area contributed by atoms with Crippen molar-refractivity contribution < 1.29 is 22.4 Å². The number of nitrogens with one attached hydrogen (secondary N) is 1. The molecule has 0 fully saturated rings. The standard InChI is InChI=1S/C34H34Cl2FN3O4S/c1-23(2)38-34(42)32(19-25-9-5-4-6-10-25)39(21-26-15-16-27(35)20-29(26)36)33(41)22-40(31-12-8-7-11-30(31)37)45(43,44)28-17-13-24(3)14-18-28/h4-18,20,23,32H,19,21-22H2,1-3H3,(H,38,42). The van der Waals surface area contributed by atoms with E-state index in [1.165, 1.54) is 41.3 Å². The van der Waals surface area contributed by atoms with Gasteiger partial charge in [-0.3, -0.25) is 13.9 Å². The van der Waals surface area contributed by atoms with Crippen LogP contribution in [-0.4, -0.2) is 43.8 Å². The first kappa shape index (κ1) is 34.0. The number of hydrogen-bond donors (Lipinski definition) is 1. The zero-order chi connectivity index (χ0) is 32.7. The van der Waals surface area contributed by atoms with Crippen molar-refractivity contribution in [3.63, 3.8) is 0 Å². The molecule has 0 heterocycles. The number of amides is 2. The van der Waals surface area contributed by atoms with Crippen LogP contribution < -0.4 is 9.62 Å². The second-order valence-electron chi connectivity index (χ2n) is 10.9. The molecule has 0 aliphatic rings. The quantitative estimate of drug-likeness (QED) is 0.180. The second-order valence-corrected chi connectivity index (χ2v) is 13.6. The maximum absolute atomic E-state index is 15.2. The zero-order valence-electron chi connectivity index (χ0n) is 25.1. The minimum Gasteiger partial charge on any atom is -0.352 e. The Morgan fingerprint density at radius 3 is 2.16 bits per heavy atom. The van der Waals surface area contributed by atoms with E-state index < -0.39 is 40.2 Å². The van der Waals surface area contributed by atoms with Gasteiger partial charge >= 0.3 is 0 Å². The average molecular weight is 671 g/mol. The van der Waals surface area contributed by atoms with Crippen molar-refractivity contribution in [2.45, 2.75) is 50.7 Å². The van der Waals surface area contributed by atoms with Crippen LogP contribution in [0.5, 0.6) is 0 Å². The number of nitrogens with zero attached hydrogens (tertiary/aromatic N) is 2. The summed E-state index contributed by atoms with van der Waals surface area (Å²) in [6.07, 6.45) is 0.126. The van der Waals surface area contributed by atoms with Crippen LogP contribution in [0.25, 0.3) is 0 Å². The van der Waals surface area contributed by atoms with Gasteiger partial charge < -0.3 is 10.2 Å². The van der Waals surface area contributed by atoms with Gasteiger partial charge in [-0.15, -0.1) is 0 Å². The van der Waals surface area contributed by atoms with Crippen molar-refractivity contribution in [2.24, 2.45) is 0 Å². The Bertz CT molecular complexity index is 1750. The summed E-state index contributed by atoms with van der Waals surface area (Å²) in [5.74, 6) is -2.00. The summed E-state index contributed by atoms with van der Waals surface area (Å²) in [4.78, 5) is 29.3. The number of carbonyl (C=O) groups excluding carboxylic acids is 2. The van der Waals surface area contributed by atoms with Gasteiger partial charge in [-0.1, -0.05) is 89.4 Å². The van der Waals surface area contributed by atoms with Crippen LogP contribution in [0.4, 0.5) is 10.1 Å². The van der Waals surface area contributed by atoms with Crippen LogP contribution in [-0.2, 0) is 32.6 Å². The van der Waals surface area contributed by atoms with Crippen molar-refractivity contribution in [1.82, 2.24) is 10.2 Å². The summed E-state index contributed by atoms with van der Waals surface area (Å²) in [6, 6.07) is 24.0. The molecule has 11 heteroatoms. The number of rotatable bonds is 12. The maximum Gasteiger partial charge on any atom is 0.264 e. The Balaban J connectivity index is 1.83. The first-order valence-corrected chi connectivity index (χ1v) is 16.5. The summed E-state index contributed by atoms with van der Waals surface area (Å²) < 4.78 is 44.0. The lowest BCUT2D eigenvalue weighted by Crippen LogP contribution is -2.54. The van der Waals surface area contributed by atoms with E-state index in [9.17, 15) is 18.0 Å². The number of hydrogen-bond acceptors (Lipinski definition) is 4. The predicted octanol–water partition coefficient (Wildman–Crippen LogP) is 6.80. The van der Waals surface area contributed by atoms with Crippen molar-refractivity contribution in [1.29, 1.82) is 0 Å². The van der Waals surface area contributed by atoms with Crippen LogP contribution in [0.3, 0.4) is 0 Å². The third-order valence-corrected chi connectivity index (χ3v) is 9.43. The van der Waals surface area contributed by atoms with E-state index in [2.05, 4.69) is 5.32 Å². The number of sulfonamides is 1. The minimum atomic E-state index is -4.43. The molecule has 0 aliphatic heterocycles. The smallest absolute Gasteiger partial charge is 0.264 e. The molecule has 0 aliphatic carbocycles. The van der Waals surface area contributed by atoms with E-state index in [-0.39, 0.29) is 34.6 Å². The highest BCUT2D eigenvalue weighted by molar-refractivity contribution is 7.92. The average Bonchev–Trinajstić information content (AvgIpc) is 2.99. The highest BCUT2D eigenvalue weighted by Gasteiger charge is 2.35. The fourth-order valence-corrected chi connectivity index (χ4v) is 6.66. The summed E-state index contributed by atoms with van der Waals surface area (Å²) in [6.45, 7) is 4.47. The molecule has 2 amide bonds. The van der Waals surface area contributed by atoms with Crippen molar-refractivity contribution in [3.8, 4) is 0 Å². The number of halogens is 3. The van der Waals surface area contributed by atoms with E-state index in [0.717, 1.165) is 21.5 Å². The number of benzene rings is 4. The summed E-state index contributed by atoms with van der Waals surface area (Å²) in [5.41, 5.74) is 1.79. The molecular weight excluding hydrogens is 636 g/mol. The van der Waals surface area contributed by atoms with Crippen molar-refractivity contribution in [3.05, 3.63) is 130 Å². The number of anilines is 1. The molecule has 0 aromatic heterocycles. The van der Waals surface area contributed by atoms with Gasteiger partial charge in [-0.25, -0.2) is 12.8 Å². The molecule has 0 bridgehead atoms. The van der Waals surface area contributed by atoms with Gasteiger partial charge in [-0.05, 0) is 68.3 Å². The molecule has 1 unspecified atom stereocenters. The Hall–Kier alpha value is -3.92. The van der Waals surface area contributed by atoms with Gasteiger partial charge in [0, 0.05) is 29.1 Å². The molecule has 1 N–H and O–H groups in total. The van der Waals surface area contributed by atoms with Gasteiger partial charge in [0.25, 0.3) is 10.0 Å². The van der Waals surface area contributed by atoms with Gasteiger partial charge in [0.2, 0.25) is 11.8 Å². The lowest BCUT2D eigenvalue weighted by atomic mass is 10.0. The Morgan fingerprint density at radius 2 is 1.53 bits per heavy atom. The maximum atomic E-state index is 15.2. The number of para-hydroxylation sites is 1. The first-order valence-electron chi connectivity index (χ1n) is 14.3. The third kappa shape index (κ3) is 8.63. The molecule has 0 radical (unpaired) electrons.